The second kappa shape index (κ2) is 4.18. The topological polar surface area (TPSA) is 58.3 Å². The van der Waals surface area contributed by atoms with Crippen LogP contribution < -0.4 is 10.6 Å². The number of hydrogen-bond acceptors (Lipinski definition) is 6. The lowest BCUT2D eigenvalue weighted by Gasteiger charge is -2.43. The highest BCUT2D eigenvalue weighted by Crippen LogP contribution is 2.26. The lowest BCUT2D eigenvalue weighted by molar-refractivity contribution is 0.133. The summed E-state index contributed by atoms with van der Waals surface area (Å²) in [5, 5.41) is 0.989. The van der Waals surface area contributed by atoms with Crippen molar-refractivity contribution in [3.8, 4) is 0 Å². The van der Waals surface area contributed by atoms with Crippen LogP contribution in [0.2, 0.25) is 0 Å². The Balaban J connectivity index is 1.70. The van der Waals surface area contributed by atoms with Crippen LogP contribution in [0.4, 0.5) is 11.1 Å². The van der Waals surface area contributed by atoms with Crippen molar-refractivity contribution in [2.24, 2.45) is 0 Å². The van der Waals surface area contributed by atoms with Crippen molar-refractivity contribution >= 4 is 22.6 Å². The van der Waals surface area contributed by atoms with Gasteiger partial charge in [0, 0.05) is 37.2 Å². The third kappa shape index (κ3) is 1.87. The Hall–Kier alpha value is -0.880. The molecule has 1 aromatic heterocycles. The van der Waals surface area contributed by atoms with Crippen LogP contribution in [-0.4, -0.2) is 46.5 Å². The van der Waals surface area contributed by atoms with Gasteiger partial charge in [0.25, 0.3) is 0 Å². The maximum atomic E-state index is 5.57. The molecular formula is C10H17N5S. The zero-order chi connectivity index (χ0) is 11.0. The molecule has 1 aromatic rings. The molecule has 0 aromatic carbocycles. The van der Waals surface area contributed by atoms with Gasteiger partial charge in [-0.1, -0.05) is 6.42 Å². The van der Waals surface area contributed by atoms with Crippen LogP contribution in [0.5, 0.6) is 0 Å². The minimum atomic E-state index is 0.408. The van der Waals surface area contributed by atoms with Gasteiger partial charge in [0.2, 0.25) is 11.1 Å². The molecule has 1 atom stereocenters. The van der Waals surface area contributed by atoms with Crippen LogP contribution in [0, 0.1) is 0 Å². The lowest BCUT2D eigenvalue weighted by atomic mass is 10.00. The van der Waals surface area contributed by atoms with E-state index in [0.29, 0.717) is 12.0 Å². The molecule has 2 saturated heterocycles. The largest absolute Gasteiger partial charge is 0.367 e. The fourth-order valence-electron chi connectivity index (χ4n) is 2.68. The van der Waals surface area contributed by atoms with Crippen molar-refractivity contribution in [2.45, 2.75) is 25.3 Å². The zero-order valence-electron chi connectivity index (χ0n) is 9.30. The van der Waals surface area contributed by atoms with Gasteiger partial charge in [0.05, 0.1) is 0 Å². The Kier molecular flexibility index (Phi) is 2.69. The maximum Gasteiger partial charge on any atom is 0.233 e. The van der Waals surface area contributed by atoms with Gasteiger partial charge in [-0.15, -0.1) is 0 Å². The molecule has 16 heavy (non-hydrogen) atoms. The Morgan fingerprint density at radius 2 is 2.19 bits per heavy atom. The molecule has 3 heterocycles. The highest BCUT2D eigenvalue weighted by Gasteiger charge is 2.29. The first-order valence-corrected chi connectivity index (χ1v) is 6.68. The highest BCUT2D eigenvalue weighted by atomic mass is 32.1. The van der Waals surface area contributed by atoms with Crippen molar-refractivity contribution < 1.29 is 0 Å². The molecule has 0 spiro atoms. The zero-order valence-corrected chi connectivity index (χ0v) is 10.1. The second-order valence-electron chi connectivity index (χ2n) is 4.57. The van der Waals surface area contributed by atoms with Crippen molar-refractivity contribution in [2.75, 3.05) is 36.8 Å². The molecule has 2 aliphatic heterocycles. The van der Waals surface area contributed by atoms with Crippen molar-refractivity contribution in [1.29, 1.82) is 0 Å². The summed E-state index contributed by atoms with van der Waals surface area (Å²) in [5.74, 6) is 0.408. The van der Waals surface area contributed by atoms with Gasteiger partial charge in [-0.2, -0.15) is 9.36 Å². The van der Waals surface area contributed by atoms with Gasteiger partial charge < -0.3 is 10.6 Å². The quantitative estimate of drug-likeness (QED) is 0.785. The molecule has 2 aliphatic rings. The lowest BCUT2D eigenvalue weighted by Crippen LogP contribution is -2.54. The van der Waals surface area contributed by atoms with E-state index in [-0.39, 0.29) is 0 Å². The molecule has 2 N–H and O–H groups in total. The number of hydrogen-bond donors (Lipinski definition) is 1. The molecule has 3 rings (SSSR count). The summed E-state index contributed by atoms with van der Waals surface area (Å²) in [5.41, 5.74) is 5.57. The van der Waals surface area contributed by atoms with Gasteiger partial charge in [-0.3, -0.25) is 4.90 Å². The normalized spacial score (nSPS) is 26.8. The second-order valence-corrected chi connectivity index (χ2v) is 5.30. The highest BCUT2D eigenvalue weighted by molar-refractivity contribution is 7.09. The Labute approximate surface area is 99.4 Å². The first-order valence-electron chi connectivity index (χ1n) is 5.91. The van der Waals surface area contributed by atoms with Crippen LogP contribution >= 0.6 is 11.5 Å². The van der Waals surface area contributed by atoms with Crippen LogP contribution in [0.15, 0.2) is 0 Å². The van der Waals surface area contributed by atoms with Gasteiger partial charge in [0.1, 0.15) is 0 Å². The number of aromatic nitrogens is 2. The van der Waals surface area contributed by atoms with E-state index in [4.69, 9.17) is 5.73 Å². The van der Waals surface area contributed by atoms with Gasteiger partial charge >= 0.3 is 0 Å². The van der Waals surface area contributed by atoms with Gasteiger partial charge in [-0.25, -0.2) is 0 Å². The van der Waals surface area contributed by atoms with E-state index < -0.39 is 0 Å². The van der Waals surface area contributed by atoms with E-state index in [2.05, 4.69) is 19.2 Å². The van der Waals surface area contributed by atoms with Crippen LogP contribution in [0.25, 0.3) is 0 Å². The van der Waals surface area contributed by atoms with E-state index in [1.54, 1.807) is 0 Å². The average Bonchev–Trinajstić information content (AvgIpc) is 2.75. The smallest absolute Gasteiger partial charge is 0.233 e. The van der Waals surface area contributed by atoms with Crippen molar-refractivity contribution in [1.82, 2.24) is 14.3 Å². The fourth-order valence-corrected chi connectivity index (χ4v) is 3.32. The van der Waals surface area contributed by atoms with E-state index in [0.717, 1.165) is 24.8 Å². The summed E-state index contributed by atoms with van der Waals surface area (Å²) >= 11 is 1.42. The summed E-state index contributed by atoms with van der Waals surface area (Å²) in [6.07, 6.45) is 4.06. The number of nitrogens with two attached hydrogens (primary N) is 1. The number of anilines is 2. The number of piperidine rings is 1. The molecule has 5 nitrogen and oxygen atoms in total. The minimum absolute atomic E-state index is 0.408. The summed E-state index contributed by atoms with van der Waals surface area (Å²) in [7, 11) is 0. The summed E-state index contributed by atoms with van der Waals surface area (Å²) in [4.78, 5) is 9.21. The number of nitrogen functional groups attached to an aromatic ring is 1. The molecule has 1 unspecified atom stereocenters. The summed E-state index contributed by atoms with van der Waals surface area (Å²) < 4.78 is 4.05. The number of rotatable bonds is 1. The molecule has 88 valence electrons. The molecular weight excluding hydrogens is 222 g/mol. The predicted octanol–water partition coefficient (Wildman–Crippen LogP) is 0.795. The van der Waals surface area contributed by atoms with E-state index in [9.17, 15) is 0 Å². The van der Waals surface area contributed by atoms with E-state index >= 15 is 0 Å². The standard InChI is InChI=1S/C10H17N5S/c11-9-12-10(16-13-9)15-6-5-14-4-2-1-3-8(14)7-15/h8H,1-7H2,(H2,11,13). The Morgan fingerprint density at radius 3 is 3.00 bits per heavy atom. The number of fused-ring (bicyclic) bond motifs is 1. The molecule has 0 aliphatic carbocycles. The minimum Gasteiger partial charge on any atom is -0.367 e. The Bertz CT molecular complexity index is 366. The van der Waals surface area contributed by atoms with Gasteiger partial charge in [-0.05, 0) is 19.4 Å². The number of nitrogens with zero attached hydrogens (tertiary/aromatic N) is 4. The SMILES string of the molecule is Nc1nsc(N2CCN3CCCCC3C2)n1. The monoisotopic (exact) mass is 239 g/mol. The predicted molar refractivity (Wildman–Crippen MR) is 65.7 cm³/mol. The van der Waals surface area contributed by atoms with E-state index in [1.165, 1.54) is 37.3 Å². The van der Waals surface area contributed by atoms with Crippen LogP contribution in [-0.2, 0) is 0 Å². The van der Waals surface area contributed by atoms with Crippen LogP contribution in [0.3, 0.4) is 0 Å². The Morgan fingerprint density at radius 1 is 1.25 bits per heavy atom. The molecule has 0 amide bonds. The number of piperazine rings is 1. The maximum absolute atomic E-state index is 5.57. The molecule has 0 radical (unpaired) electrons. The third-order valence-electron chi connectivity index (χ3n) is 3.54. The van der Waals surface area contributed by atoms with E-state index in [1.807, 2.05) is 0 Å². The molecule has 2 fully saturated rings. The fraction of sp³-hybridized carbons (Fsp3) is 0.800. The first kappa shape index (κ1) is 10.3. The van der Waals surface area contributed by atoms with Gasteiger partial charge in [0.15, 0.2) is 0 Å². The van der Waals surface area contributed by atoms with Crippen molar-refractivity contribution in [3.63, 3.8) is 0 Å². The summed E-state index contributed by atoms with van der Waals surface area (Å²) in [6, 6.07) is 0.715. The summed E-state index contributed by atoms with van der Waals surface area (Å²) in [6.45, 7) is 4.58. The first-order chi connectivity index (χ1) is 7.83. The third-order valence-corrected chi connectivity index (χ3v) is 4.33. The average molecular weight is 239 g/mol. The van der Waals surface area contributed by atoms with Crippen LogP contribution in [0.1, 0.15) is 19.3 Å². The molecule has 0 bridgehead atoms. The van der Waals surface area contributed by atoms with Crippen molar-refractivity contribution in [3.05, 3.63) is 0 Å². The molecule has 0 saturated carbocycles. The molecule has 6 heteroatoms.